The average molecular weight is 270 g/mol. The first kappa shape index (κ1) is 15.1. The Kier molecular flexibility index (Phi) is 5.31. The van der Waals surface area contributed by atoms with E-state index in [4.69, 9.17) is 5.84 Å². The van der Waals surface area contributed by atoms with Crippen LogP contribution in [0, 0.1) is 13.8 Å². The van der Waals surface area contributed by atoms with E-state index in [1.165, 1.54) is 17.4 Å². The minimum Gasteiger partial charge on any atom is -0.271 e. The minimum absolute atomic E-state index is 0.00560. The Bertz CT molecular complexity index is 498. The van der Waals surface area contributed by atoms with Crippen LogP contribution in [-0.4, -0.2) is 20.4 Å². The molecule has 1 unspecified atom stereocenters. The number of hydrogen-bond donors (Lipinski definition) is 2. The van der Waals surface area contributed by atoms with E-state index in [1.807, 2.05) is 6.07 Å². The standard InChI is InChI=1S/C13H22N2O2S/c1-10-6-7-12(9-11(10)2)13(15-14)5-4-8-18(3,16)17/h6-7,9,13,15H,4-5,8,14H2,1-3H3. The summed E-state index contributed by atoms with van der Waals surface area (Å²) >= 11 is 0. The monoisotopic (exact) mass is 270 g/mol. The van der Waals surface area contributed by atoms with Crippen LogP contribution in [0.2, 0.25) is 0 Å². The van der Waals surface area contributed by atoms with Crippen molar-refractivity contribution in [1.82, 2.24) is 5.43 Å². The molecule has 0 saturated carbocycles. The van der Waals surface area contributed by atoms with E-state index in [-0.39, 0.29) is 11.8 Å². The summed E-state index contributed by atoms with van der Waals surface area (Å²) in [5.41, 5.74) is 6.32. The molecule has 0 aliphatic carbocycles. The van der Waals surface area contributed by atoms with Gasteiger partial charge in [0.25, 0.3) is 0 Å². The summed E-state index contributed by atoms with van der Waals surface area (Å²) in [5.74, 6) is 5.75. The largest absolute Gasteiger partial charge is 0.271 e. The second-order valence-corrected chi connectivity index (χ2v) is 7.09. The molecule has 0 saturated heterocycles. The maximum absolute atomic E-state index is 11.1. The molecule has 0 heterocycles. The van der Waals surface area contributed by atoms with Crippen molar-refractivity contribution in [3.05, 3.63) is 34.9 Å². The lowest BCUT2D eigenvalue weighted by Crippen LogP contribution is -2.28. The third-order valence-corrected chi connectivity index (χ3v) is 4.17. The van der Waals surface area contributed by atoms with Gasteiger partial charge in [-0.15, -0.1) is 0 Å². The third-order valence-electron chi connectivity index (χ3n) is 3.14. The number of sulfone groups is 1. The molecule has 5 heteroatoms. The van der Waals surface area contributed by atoms with Gasteiger partial charge < -0.3 is 0 Å². The van der Waals surface area contributed by atoms with Gasteiger partial charge in [-0.1, -0.05) is 18.2 Å². The van der Waals surface area contributed by atoms with Crippen molar-refractivity contribution in [2.75, 3.05) is 12.0 Å². The van der Waals surface area contributed by atoms with Crippen LogP contribution in [-0.2, 0) is 9.84 Å². The van der Waals surface area contributed by atoms with Gasteiger partial charge >= 0.3 is 0 Å². The zero-order valence-corrected chi connectivity index (χ0v) is 12.0. The van der Waals surface area contributed by atoms with Crippen LogP contribution >= 0.6 is 0 Å². The van der Waals surface area contributed by atoms with Gasteiger partial charge in [-0.25, -0.2) is 8.42 Å². The molecule has 0 bridgehead atoms. The van der Waals surface area contributed by atoms with Crippen LogP contribution in [0.5, 0.6) is 0 Å². The molecular formula is C13H22N2O2S. The molecule has 0 spiro atoms. The molecule has 0 amide bonds. The Morgan fingerprint density at radius 1 is 1.28 bits per heavy atom. The van der Waals surface area contributed by atoms with Gasteiger partial charge in [0.05, 0.1) is 0 Å². The van der Waals surface area contributed by atoms with Gasteiger partial charge in [0.15, 0.2) is 0 Å². The second-order valence-electron chi connectivity index (χ2n) is 4.84. The molecule has 0 aliphatic heterocycles. The van der Waals surface area contributed by atoms with Crippen molar-refractivity contribution in [2.45, 2.75) is 32.7 Å². The van der Waals surface area contributed by atoms with Crippen molar-refractivity contribution in [3.63, 3.8) is 0 Å². The van der Waals surface area contributed by atoms with E-state index in [0.29, 0.717) is 12.8 Å². The maximum Gasteiger partial charge on any atom is 0.147 e. The van der Waals surface area contributed by atoms with E-state index >= 15 is 0 Å². The molecule has 1 aromatic carbocycles. The summed E-state index contributed by atoms with van der Waals surface area (Å²) in [6.45, 7) is 4.12. The average Bonchev–Trinajstić information content (AvgIpc) is 2.27. The summed E-state index contributed by atoms with van der Waals surface area (Å²) in [5, 5.41) is 0. The number of hydrazine groups is 1. The predicted octanol–water partition coefficient (Wildman–Crippen LogP) is 1.63. The number of benzene rings is 1. The Labute approximate surface area is 109 Å². The van der Waals surface area contributed by atoms with Crippen LogP contribution in [0.1, 0.15) is 35.6 Å². The number of hydrogen-bond acceptors (Lipinski definition) is 4. The summed E-state index contributed by atoms with van der Waals surface area (Å²) in [6, 6.07) is 6.20. The van der Waals surface area contributed by atoms with Crippen LogP contribution in [0.3, 0.4) is 0 Å². The van der Waals surface area contributed by atoms with Crippen molar-refractivity contribution < 1.29 is 8.42 Å². The first-order valence-corrected chi connectivity index (χ1v) is 8.10. The quantitative estimate of drug-likeness (QED) is 0.609. The van der Waals surface area contributed by atoms with E-state index in [0.717, 1.165) is 5.56 Å². The lowest BCUT2D eigenvalue weighted by molar-refractivity contribution is 0.507. The van der Waals surface area contributed by atoms with E-state index in [9.17, 15) is 8.42 Å². The molecule has 0 aliphatic rings. The van der Waals surface area contributed by atoms with Crippen molar-refractivity contribution in [3.8, 4) is 0 Å². The first-order chi connectivity index (χ1) is 8.33. The van der Waals surface area contributed by atoms with Gasteiger partial charge in [-0.3, -0.25) is 11.3 Å². The van der Waals surface area contributed by atoms with E-state index in [1.54, 1.807) is 0 Å². The highest BCUT2D eigenvalue weighted by molar-refractivity contribution is 7.90. The van der Waals surface area contributed by atoms with Gasteiger partial charge in [0.2, 0.25) is 0 Å². The fourth-order valence-electron chi connectivity index (χ4n) is 1.88. The lowest BCUT2D eigenvalue weighted by Gasteiger charge is -2.17. The highest BCUT2D eigenvalue weighted by Gasteiger charge is 2.11. The third kappa shape index (κ3) is 4.76. The second kappa shape index (κ2) is 6.31. The highest BCUT2D eigenvalue weighted by atomic mass is 32.2. The molecule has 1 rings (SSSR count). The lowest BCUT2D eigenvalue weighted by atomic mass is 9.99. The van der Waals surface area contributed by atoms with Gasteiger partial charge in [-0.2, -0.15) is 0 Å². The van der Waals surface area contributed by atoms with Crippen molar-refractivity contribution >= 4 is 9.84 Å². The van der Waals surface area contributed by atoms with E-state index < -0.39 is 9.84 Å². The Morgan fingerprint density at radius 3 is 2.44 bits per heavy atom. The summed E-state index contributed by atoms with van der Waals surface area (Å²) in [7, 11) is -2.89. The molecule has 3 N–H and O–H groups in total. The molecule has 1 aromatic rings. The molecule has 0 fully saturated rings. The Hall–Kier alpha value is -0.910. The molecule has 4 nitrogen and oxygen atoms in total. The SMILES string of the molecule is Cc1ccc(C(CCCS(C)(=O)=O)NN)cc1C. The van der Waals surface area contributed by atoms with Gasteiger partial charge in [0, 0.05) is 18.1 Å². The number of nitrogens with one attached hydrogen (secondary N) is 1. The first-order valence-electron chi connectivity index (χ1n) is 6.04. The zero-order valence-electron chi connectivity index (χ0n) is 11.2. The molecule has 0 aromatic heterocycles. The molecule has 1 atom stereocenters. The zero-order chi connectivity index (χ0) is 13.8. The predicted molar refractivity (Wildman–Crippen MR) is 74.9 cm³/mol. The topological polar surface area (TPSA) is 72.2 Å². The van der Waals surface area contributed by atoms with Crippen molar-refractivity contribution in [1.29, 1.82) is 0 Å². The fraction of sp³-hybridized carbons (Fsp3) is 0.538. The number of nitrogens with two attached hydrogens (primary N) is 1. The smallest absolute Gasteiger partial charge is 0.147 e. The summed E-state index contributed by atoms with van der Waals surface area (Å²) in [4.78, 5) is 0. The minimum atomic E-state index is -2.89. The highest BCUT2D eigenvalue weighted by Crippen LogP contribution is 2.20. The number of rotatable bonds is 6. The number of aryl methyl sites for hydroxylation is 2. The van der Waals surface area contributed by atoms with Gasteiger partial charge in [0.1, 0.15) is 9.84 Å². The van der Waals surface area contributed by atoms with Crippen LogP contribution in [0.4, 0.5) is 0 Å². The van der Waals surface area contributed by atoms with E-state index in [2.05, 4.69) is 31.4 Å². The normalized spacial score (nSPS) is 13.6. The molecule has 18 heavy (non-hydrogen) atoms. The summed E-state index contributed by atoms with van der Waals surface area (Å²) in [6.07, 6.45) is 2.58. The fourth-order valence-corrected chi connectivity index (χ4v) is 2.57. The maximum atomic E-state index is 11.1. The molecule has 0 radical (unpaired) electrons. The summed E-state index contributed by atoms with van der Waals surface area (Å²) < 4.78 is 22.2. The van der Waals surface area contributed by atoms with Crippen LogP contribution in [0.25, 0.3) is 0 Å². The molecule has 102 valence electrons. The van der Waals surface area contributed by atoms with Crippen LogP contribution in [0.15, 0.2) is 18.2 Å². The molecular weight excluding hydrogens is 248 g/mol. The Balaban J connectivity index is 2.68. The van der Waals surface area contributed by atoms with Crippen LogP contribution < -0.4 is 11.3 Å². The Morgan fingerprint density at radius 2 is 1.94 bits per heavy atom. The van der Waals surface area contributed by atoms with Crippen molar-refractivity contribution in [2.24, 2.45) is 5.84 Å². The van der Waals surface area contributed by atoms with Gasteiger partial charge in [-0.05, 0) is 43.4 Å².